The Kier molecular flexibility index (Phi) is 3.79. The van der Waals surface area contributed by atoms with Gasteiger partial charge in [-0.15, -0.1) is 0 Å². The maximum Gasteiger partial charge on any atom is 0.232 e. The number of nitrogens with one attached hydrogen (secondary N) is 1. The normalized spacial score (nSPS) is 12.6. The highest BCUT2D eigenvalue weighted by molar-refractivity contribution is 5.67. The van der Waals surface area contributed by atoms with Gasteiger partial charge in [-0.1, -0.05) is 24.3 Å². The average Bonchev–Trinajstić information content (AvgIpc) is 3.05. The van der Waals surface area contributed by atoms with E-state index in [0.29, 0.717) is 11.5 Å². The number of nitriles is 1. The number of aromatic nitrogens is 2. The molecule has 1 aliphatic heterocycles. The van der Waals surface area contributed by atoms with Gasteiger partial charge in [-0.3, -0.25) is 0 Å². The number of para-hydroxylation sites is 1. The van der Waals surface area contributed by atoms with E-state index in [-0.39, 0.29) is 0 Å². The molecular weight excluding hydrogens is 310 g/mol. The van der Waals surface area contributed by atoms with Gasteiger partial charge in [0.2, 0.25) is 5.95 Å². The number of benzene rings is 2. The first-order valence-corrected chi connectivity index (χ1v) is 8.21. The molecule has 2 heterocycles. The van der Waals surface area contributed by atoms with Crippen molar-refractivity contribution >= 4 is 23.1 Å². The van der Waals surface area contributed by atoms with Crippen LogP contribution >= 0.6 is 0 Å². The minimum Gasteiger partial charge on any atom is -0.340 e. The Morgan fingerprint density at radius 3 is 2.84 bits per heavy atom. The third-order valence-electron chi connectivity index (χ3n) is 4.24. The summed E-state index contributed by atoms with van der Waals surface area (Å²) < 4.78 is 0. The largest absolute Gasteiger partial charge is 0.340 e. The molecule has 0 atom stereocenters. The van der Waals surface area contributed by atoms with Crippen molar-refractivity contribution in [2.24, 2.45) is 0 Å². The molecule has 5 heteroatoms. The molecule has 1 aromatic heterocycles. The Balaban J connectivity index is 1.67. The van der Waals surface area contributed by atoms with Crippen molar-refractivity contribution in [3.63, 3.8) is 0 Å². The highest BCUT2D eigenvalue weighted by atomic mass is 15.3. The van der Waals surface area contributed by atoms with Gasteiger partial charge in [0.1, 0.15) is 5.82 Å². The van der Waals surface area contributed by atoms with E-state index >= 15 is 0 Å². The van der Waals surface area contributed by atoms with E-state index in [0.717, 1.165) is 30.2 Å². The fraction of sp³-hybridized carbons (Fsp3) is 0.150. The first kappa shape index (κ1) is 15.2. The topological polar surface area (TPSA) is 64.8 Å². The average molecular weight is 327 g/mol. The van der Waals surface area contributed by atoms with Crippen LogP contribution in [0.3, 0.4) is 0 Å². The molecule has 0 amide bonds. The lowest BCUT2D eigenvalue weighted by molar-refractivity contribution is 0.931. The molecule has 1 N–H and O–H groups in total. The van der Waals surface area contributed by atoms with E-state index in [9.17, 15) is 0 Å². The van der Waals surface area contributed by atoms with Crippen LogP contribution in [0.4, 0.5) is 23.1 Å². The van der Waals surface area contributed by atoms with Gasteiger partial charge in [0.25, 0.3) is 0 Å². The van der Waals surface area contributed by atoms with Gasteiger partial charge >= 0.3 is 0 Å². The Morgan fingerprint density at radius 2 is 1.96 bits per heavy atom. The summed E-state index contributed by atoms with van der Waals surface area (Å²) in [6, 6.07) is 19.8. The predicted molar refractivity (Wildman–Crippen MR) is 98.4 cm³/mol. The summed E-state index contributed by atoms with van der Waals surface area (Å²) in [5.74, 6) is 1.42. The quantitative estimate of drug-likeness (QED) is 0.785. The summed E-state index contributed by atoms with van der Waals surface area (Å²) in [7, 11) is 0. The van der Waals surface area contributed by atoms with Crippen LogP contribution in [0.25, 0.3) is 0 Å². The van der Waals surface area contributed by atoms with Crippen molar-refractivity contribution < 1.29 is 0 Å². The number of hydrogen-bond acceptors (Lipinski definition) is 5. The Morgan fingerprint density at radius 1 is 1.08 bits per heavy atom. The van der Waals surface area contributed by atoms with Gasteiger partial charge in [-0.25, -0.2) is 4.98 Å². The summed E-state index contributed by atoms with van der Waals surface area (Å²) in [4.78, 5) is 11.5. The molecule has 0 saturated heterocycles. The second-order valence-electron chi connectivity index (χ2n) is 6.04. The summed E-state index contributed by atoms with van der Waals surface area (Å²) in [5.41, 5.74) is 4.84. The molecule has 122 valence electrons. The molecule has 0 aliphatic carbocycles. The van der Waals surface area contributed by atoms with Crippen LogP contribution in [-0.2, 0) is 6.42 Å². The maximum absolute atomic E-state index is 9.04. The van der Waals surface area contributed by atoms with Gasteiger partial charge in [0.15, 0.2) is 0 Å². The molecule has 3 aromatic rings. The van der Waals surface area contributed by atoms with Crippen LogP contribution in [0.15, 0.2) is 54.6 Å². The Bertz CT molecular complexity index is 974. The molecule has 2 aromatic carbocycles. The fourth-order valence-corrected chi connectivity index (χ4v) is 3.10. The zero-order valence-corrected chi connectivity index (χ0v) is 13.9. The first-order valence-electron chi connectivity index (χ1n) is 8.21. The van der Waals surface area contributed by atoms with Crippen molar-refractivity contribution in [3.8, 4) is 6.07 Å². The molecule has 0 bridgehead atoms. The standard InChI is InChI=1S/C20H17N5/c1-14-11-19(23-17-7-4-5-15(12-17)13-21)24-20(22-14)25-10-9-16-6-2-3-8-18(16)25/h2-8,11-12H,9-10H2,1H3,(H,22,23,24). The molecule has 1 aliphatic rings. The number of hydrogen-bond donors (Lipinski definition) is 1. The lowest BCUT2D eigenvalue weighted by Crippen LogP contribution is -2.17. The van der Waals surface area contributed by atoms with E-state index in [2.05, 4.69) is 44.5 Å². The van der Waals surface area contributed by atoms with Crippen LogP contribution in [0.1, 0.15) is 16.8 Å². The van der Waals surface area contributed by atoms with E-state index in [1.807, 2.05) is 37.3 Å². The second-order valence-corrected chi connectivity index (χ2v) is 6.04. The number of anilines is 4. The number of fused-ring (bicyclic) bond motifs is 1. The van der Waals surface area contributed by atoms with Gasteiger partial charge in [-0.2, -0.15) is 10.2 Å². The third kappa shape index (κ3) is 3.02. The van der Waals surface area contributed by atoms with Crippen molar-refractivity contribution in [2.45, 2.75) is 13.3 Å². The molecule has 25 heavy (non-hydrogen) atoms. The van der Waals surface area contributed by atoms with E-state index in [1.165, 1.54) is 11.3 Å². The maximum atomic E-state index is 9.04. The highest BCUT2D eigenvalue weighted by Gasteiger charge is 2.22. The van der Waals surface area contributed by atoms with Gasteiger partial charge < -0.3 is 10.2 Å². The summed E-state index contributed by atoms with van der Waals surface area (Å²) in [5, 5.41) is 12.3. The molecule has 4 rings (SSSR count). The zero-order valence-electron chi connectivity index (χ0n) is 13.9. The summed E-state index contributed by atoms with van der Waals surface area (Å²) in [6.45, 7) is 2.84. The number of aryl methyl sites for hydroxylation is 1. The van der Waals surface area contributed by atoms with Crippen molar-refractivity contribution in [2.75, 3.05) is 16.8 Å². The minimum absolute atomic E-state index is 0.615. The van der Waals surface area contributed by atoms with Gasteiger partial charge in [0, 0.05) is 29.7 Å². The monoisotopic (exact) mass is 327 g/mol. The number of nitrogens with zero attached hydrogens (tertiary/aromatic N) is 4. The molecule has 0 radical (unpaired) electrons. The molecule has 0 unspecified atom stereocenters. The molecule has 0 saturated carbocycles. The van der Waals surface area contributed by atoms with Gasteiger partial charge in [-0.05, 0) is 43.2 Å². The second kappa shape index (κ2) is 6.25. The van der Waals surface area contributed by atoms with Gasteiger partial charge in [0.05, 0.1) is 11.6 Å². The van der Waals surface area contributed by atoms with Crippen molar-refractivity contribution in [3.05, 3.63) is 71.4 Å². The van der Waals surface area contributed by atoms with Crippen LogP contribution in [0.5, 0.6) is 0 Å². The van der Waals surface area contributed by atoms with E-state index < -0.39 is 0 Å². The lowest BCUT2D eigenvalue weighted by Gasteiger charge is -2.18. The van der Waals surface area contributed by atoms with E-state index in [4.69, 9.17) is 5.26 Å². The first-order chi connectivity index (χ1) is 12.2. The van der Waals surface area contributed by atoms with Crippen LogP contribution < -0.4 is 10.2 Å². The zero-order chi connectivity index (χ0) is 17.2. The summed E-state index contributed by atoms with van der Waals surface area (Å²) >= 11 is 0. The number of rotatable bonds is 3. The van der Waals surface area contributed by atoms with E-state index in [1.54, 1.807) is 6.07 Å². The highest BCUT2D eigenvalue weighted by Crippen LogP contribution is 2.33. The Hall–Kier alpha value is -3.39. The molecule has 0 spiro atoms. The molecular formula is C20H17N5. The Labute approximate surface area is 146 Å². The molecule has 0 fully saturated rings. The van der Waals surface area contributed by atoms with Crippen molar-refractivity contribution in [1.29, 1.82) is 5.26 Å². The smallest absolute Gasteiger partial charge is 0.232 e. The SMILES string of the molecule is Cc1cc(Nc2cccc(C#N)c2)nc(N2CCc3ccccc32)n1. The predicted octanol–water partition coefficient (Wildman–Crippen LogP) is 4.09. The van der Waals surface area contributed by atoms with Crippen LogP contribution in [-0.4, -0.2) is 16.5 Å². The van der Waals surface area contributed by atoms with Crippen molar-refractivity contribution in [1.82, 2.24) is 9.97 Å². The minimum atomic E-state index is 0.615. The van der Waals surface area contributed by atoms with Crippen LogP contribution in [0, 0.1) is 18.3 Å². The summed E-state index contributed by atoms with van der Waals surface area (Å²) in [6.07, 6.45) is 1.00. The fourth-order valence-electron chi connectivity index (χ4n) is 3.10. The third-order valence-corrected chi connectivity index (χ3v) is 4.24. The van der Waals surface area contributed by atoms with Crippen LogP contribution in [0.2, 0.25) is 0 Å². The molecule has 5 nitrogen and oxygen atoms in total. The lowest BCUT2D eigenvalue weighted by atomic mass is 10.2.